The molecule has 0 atom stereocenters. The third-order valence-electron chi connectivity index (χ3n) is 3.62. The minimum absolute atomic E-state index is 0.0237. The van der Waals surface area contributed by atoms with Crippen LogP contribution in [0.1, 0.15) is 5.56 Å². The van der Waals surface area contributed by atoms with Crippen LogP contribution < -0.4 is 10.3 Å². The third kappa shape index (κ3) is 3.84. The molecule has 2 aromatic rings. The number of hydrogen-bond donors (Lipinski definition) is 0. The fourth-order valence-corrected chi connectivity index (χ4v) is 2.94. The van der Waals surface area contributed by atoms with Crippen LogP contribution in [0.5, 0.6) is 0 Å². The predicted octanol–water partition coefficient (Wildman–Crippen LogP) is 2.86. The van der Waals surface area contributed by atoms with Crippen LogP contribution in [0.25, 0.3) is 11.0 Å². The summed E-state index contributed by atoms with van der Waals surface area (Å²) < 4.78 is 11.2. The van der Waals surface area contributed by atoms with E-state index < -0.39 is 8.07 Å². The van der Waals surface area contributed by atoms with Crippen molar-refractivity contribution in [2.24, 2.45) is 0 Å². The molecule has 0 unspecified atom stereocenters. The van der Waals surface area contributed by atoms with Crippen molar-refractivity contribution in [2.75, 3.05) is 31.2 Å². The number of ether oxygens (including phenoxy) is 1. The van der Waals surface area contributed by atoms with Gasteiger partial charge in [0.05, 0.1) is 18.6 Å². The molecule has 120 valence electrons. The Bertz CT molecular complexity index is 833. The zero-order valence-corrected chi connectivity index (χ0v) is 14.8. The Morgan fingerprint density at radius 3 is 2.57 bits per heavy atom. The van der Waals surface area contributed by atoms with Crippen molar-refractivity contribution in [1.29, 1.82) is 0 Å². The molecule has 0 aliphatic carbocycles. The highest BCUT2D eigenvalue weighted by molar-refractivity contribution is 6.83. The van der Waals surface area contributed by atoms with Crippen molar-refractivity contribution in [2.45, 2.75) is 19.6 Å². The van der Waals surface area contributed by atoms with Crippen LogP contribution in [0.2, 0.25) is 19.6 Å². The molecule has 1 aliphatic heterocycles. The van der Waals surface area contributed by atoms with Gasteiger partial charge >= 0.3 is 0 Å². The second kappa shape index (κ2) is 6.23. The normalized spacial score (nSPS) is 15.3. The number of fused-ring (bicyclic) bond motifs is 1. The van der Waals surface area contributed by atoms with E-state index in [2.05, 4.69) is 31.1 Å². The topological polar surface area (TPSA) is 42.7 Å². The van der Waals surface area contributed by atoms with Gasteiger partial charge in [0.15, 0.2) is 11.3 Å². The molecule has 3 rings (SSSR count). The van der Waals surface area contributed by atoms with Gasteiger partial charge in [-0.15, -0.1) is 5.54 Å². The summed E-state index contributed by atoms with van der Waals surface area (Å²) >= 11 is 0. The lowest BCUT2D eigenvalue weighted by atomic mass is 10.1. The van der Waals surface area contributed by atoms with Crippen LogP contribution >= 0.6 is 0 Å². The standard InChI is InChI=1S/C18H21NO3Si/c1-23(2,3)11-6-14-4-5-17-15(12-14)16(20)13-18(22-17)19-7-9-21-10-8-19/h4-5,12-13H,7-10H2,1-3H3. The summed E-state index contributed by atoms with van der Waals surface area (Å²) in [6.07, 6.45) is 0. The molecule has 1 aromatic heterocycles. The van der Waals surface area contributed by atoms with Crippen LogP contribution in [-0.2, 0) is 4.74 Å². The minimum atomic E-state index is -1.43. The largest absolute Gasteiger partial charge is 0.440 e. The second-order valence-electron chi connectivity index (χ2n) is 6.76. The van der Waals surface area contributed by atoms with Gasteiger partial charge in [-0.1, -0.05) is 25.6 Å². The van der Waals surface area contributed by atoms with Gasteiger partial charge in [-0.05, 0) is 18.2 Å². The molecule has 5 heteroatoms. The van der Waals surface area contributed by atoms with Gasteiger partial charge in [-0.2, -0.15) is 0 Å². The average Bonchev–Trinajstić information content (AvgIpc) is 2.53. The maximum atomic E-state index is 12.4. The zero-order chi connectivity index (χ0) is 16.4. The van der Waals surface area contributed by atoms with E-state index in [9.17, 15) is 4.79 Å². The Labute approximate surface area is 137 Å². The van der Waals surface area contributed by atoms with E-state index in [4.69, 9.17) is 9.15 Å². The lowest BCUT2D eigenvalue weighted by Gasteiger charge is -2.27. The van der Waals surface area contributed by atoms with Crippen LogP contribution in [0.15, 0.2) is 33.5 Å². The van der Waals surface area contributed by atoms with Gasteiger partial charge < -0.3 is 14.1 Å². The molecule has 1 aromatic carbocycles. The molecule has 0 saturated carbocycles. The lowest BCUT2D eigenvalue weighted by Crippen LogP contribution is -2.36. The molecular formula is C18H21NO3Si. The quantitative estimate of drug-likeness (QED) is 0.597. The van der Waals surface area contributed by atoms with E-state index in [0.717, 1.165) is 18.7 Å². The lowest BCUT2D eigenvalue weighted by molar-refractivity contribution is 0.121. The van der Waals surface area contributed by atoms with E-state index >= 15 is 0 Å². The van der Waals surface area contributed by atoms with Gasteiger partial charge in [-0.25, -0.2) is 0 Å². The Balaban J connectivity index is 1.99. The summed E-state index contributed by atoms with van der Waals surface area (Å²) in [5.41, 5.74) is 4.77. The third-order valence-corrected chi connectivity index (χ3v) is 4.49. The number of nitrogens with zero attached hydrogens (tertiary/aromatic N) is 1. The maximum Gasteiger partial charge on any atom is 0.200 e. The highest BCUT2D eigenvalue weighted by Gasteiger charge is 2.15. The highest BCUT2D eigenvalue weighted by atomic mass is 28.3. The molecule has 0 N–H and O–H groups in total. The monoisotopic (exact) mass is 327 g/mol. The fourth-order valence-electron chi connectivity index (χ4n) is 2.42. The predicted molar refractivity (Wildman–Crippen MR) is 95.7 cm³/mol. The summed E-state index contributed by atoms with van der Waals surface area (Å²) in [7, 11) is -1.43. The summed E-state index contributed by atoms with van der Waals surface area (Å²) in [5, 5.41) is 0.587. The van der Waals surface area contributed by atoms with Crippen molar-refractivity contribution in [3.05, 3.63) is 40.1 Å². The number of morpholine rings is 1. The Morgan fingerprint density at radius 1 is 1.13 bits per heavy atom. The van der Waals surface area contributed by atoms with Gasteiger partial charge in [0.1, 0.15) is 13.7 Å². The van der Waals surface area contributed by atoms with E-state index in [1.807, 2.05) is 23.1 Å². The summed E-state index contributed by atoms with van der Waals surface area (Å²) in [6, 6.07) is 7.16. The van der Waals surface area contributed by atoms with Crippen molar-refractivity contribution < 1.29 is 9.15 Å². The van der Waals surface area contributed by atoms with Gasteiger partial charge in [-0.3, -0.25) is 4.79 Å². The second-order valence-corrected chi connectivity index (χ2v) is 11.5. The number of rotatable bonds is 1. The summed E-state index contributed by atoms with van der Waals surface area (Å²) in [5.74, 6) is 3.80. The Hall–Kier alpha value is -2.03. The van der Waals surface area contributed by atoms with Crippen LogP contribution in [0.4, 0.5) is 5.88 Å². The first-order chi connectivity index (χ1) is 10.9. The first-order valence-corrected chi connectivity index (χ1v) is 11.4. The molecule has 23 heavy (non-hydrogen) atoms. The van der Waals surface area contributed by atoms with Crippen molar-refractivity contribution in [1.82, 2.24) is 0 Å². The minimum Gasteiger partial charge on any atom is -0.440 e. The molecule has 1 fully saturated rings. The molecular weight excluding hydrogens is 306 g/mol. The highest BCUT2D eigenvalue weighted by Crippen LogP contribution is 2.21. The molecule has 2 heterocycles. The van der Waals surface area contributed by atoms with Gasteiger partial charge in [0, 0.05) is 24.7 Å². The Kier molecular flexibility index (Phi) is 4.29. The SMILES string of the molecule is C[Si](C)(C)C#Cc1ccc2oc(N3CCOCC3)cc(=O)c2c1. The van der Waals surface area contributed by atoms with E-state index in [-0.39, 0.29) is 5.43 Å². The fraction of sp³-hybridized carbons (Fsp3) is 0.389. The zero-order valence-electron chi connectivity index (χ0n) is 13.8. The molecule has 1 saturated heterocycles. The van der Waals surface area contributed by atoms with Gasteiger partial charge in [0.2, 0.25) is 0 Å². The average molecular weight is 327 g/mol. The van der Waals surface area contributed by atoms with E-state index in [0.29, 0.717) is 30.1 Å². The van der Waals surface area contributed by atoms with Crippen molar-refractivity contribution >= 4 is 24.9 Å². The van der Waals surface area contributed by atoms with Crippen molar-refractivity contribution in [3.8, 4) is 11.5 Å². The molecule has 0 spiro atoms. The molecule has 0 bridgehead atoms. The molecule has 0 amide bonds. The smallest absolute Gasteiger partial charge is 0.200 e. The Morgan fingerprint density at radius 2 is 1.87 bits per heavy atom. The maximum absolute atomic E-state index is 12.4. The molecule has 0 radical (unpaired) electrons. The first kappa shape index (κ1) is 15.8. The van der Waals surface area contributed by atoms with Crippen LogP contribution in [0, 0.1) is 11.5 Å². The van der Waals surface area contributed by atoms with E-state index in [1.165, 1.54) is 0 Å². The molecule has 1 aliphatic rings. The summed E-state index contributed by atoms with van der Waals surface area (Å²) in [6.45, 7) is 9.40. The summed E-state index contributed by atoms with van der Waals surface area (Å²) in [4.78, 5) is 14.5. The van der Waals surface area contributed by atoms with Gasteiger partial charge in [0.25, 0.3) is 0 Å². The number of anilines is 1. The van der Waals surface area contributed by atoms with Crippen LogP contribution in [0.3, 0.4) is 0 Å². The van der Waals surface area contributed by atoms with Crippen molar-refractivity contribution in [3.63, 3.8) is 0 Å². The van der Waals surface area contributed by atoms with Crippen LogP contribution in [-0.4, -0.2) is 34.4 Å². The number of benzene rings is 1. The first-order valence-electron chi connectivity index (χ1n) is 7.86. The number of hydrogen-bond acceptors (Lipinski definition) is 4. The molecule has 4 nitrogen and oxygen atoms in total. The van der Waals surface area contributed by atoms with E-state index in [1.54, 1.807) is 6.07 Å².